The second kappa shape index (κ2) is 5.76. The van der Waals surface area contributed by atoms with E-state index in [4.69, 9.17) is 0 Å². The third-order valence-corrected chi connectivity index (χ3v) is 4.29. The van der Waals surface area contributed by atoms with Crippen LogP contribution in [-0.2, 0) is 6.54 Å². The van der Waals surface area contributed by atoms with Crippen LogP contribution in [0, 0.1) is 6.92 Å². The van der Waals surface area contributed by atoms with E-state index < -0.39 is 0 Å². The van der Waals surface area contributed by atoms with E-state index >= 15 is 0 Å². The lowest BCUT2D eigenvalue weighted by Gasteiger charge is -2.14. The van der Waals surface area contributed by atoms with Gasteiger partial charge in [0.1, 0.15) is 5.01 Å². The SMILES string of the molecule is Cc1csc(CNC(C)c2ccccc2Br)n1. The Morgan fingerprint density at radius 2 is 2.18 bits per heavy atom. The van der Waals surface area contributed by atoms with E-state index in [1.807, 2.05) is 13.0 Å². The van der Waals surface area contributed by atoms with E-state index in [1.54, 1.807) is 11.3 Å². The molecule has 0 bridgehead atoms. The maximum absolute atomic E-state index is 4.44. The van der Waals surface area contributed by atoms with Crippen molar-refractivity contribution >= 4 is 27.3 Å². The molecule has 90 valence electrons. The number of aromatic nitrogens is 1. The van der Waals surface area contributed by atoms with Crippen molar-refractivity contribution in [3.63, 3.8) is 0 Å². The maximum atomic E-state index is 4.44. The van der Waals surface area contributed by atoms with Crippen LogP contribution in [0.15, 0.2) is 34.1 Å². The smallest absolute Gasteiger partial charge is 0.107 e. The molecule has 4 heteroatoms. The van der Waals surface area contributed by atoms with Crippen molar-refractivity contribution in [2.45, 2.75) is 26.4 Å². The Hall–Kier alpha value is -0.710. The van der Waals surface area contributed by atoms with Crippen molar-refractivity contribution < 1.29 is 0 Å². The zero-order valence-corrected chi connectivity index (χ0v) is 12.3. The fourth-order valence-electron chi connectivity index (χ4n) is 1.66. The third kappa shape index (κ3) is 3.37. The summed E-state index contributed by atoms with van der Waals surface area (Å²) in [6, 6.07) is 8.61. The monoisotopic (exact) mass is 310 g/mol. The van der Waals surface area contributed by atoms with Crippen molar-refractivity contribution in [1.29, 1.82) is 0 Å². The van der Waals surface area contributed by atoms with Gasteiger partial charge in [0.2, 0.25) is 0 Å². The highest BCUT2D eigenvalue weighted by Gasteiger charge is 2.08. The number of benzene rings is 1. The Balaban J connectivity index is 1.98. The summed E-state index contributed by atoms with van der Waals surface area (Å²) in [6.45, 7) is 5.01. The van der Waals surface area contributed by atoms with E-state index in [0.29, 0.717) is 6.04 Å². The molecule has 1 aromatic heterocycles. The van der Waals surface area contributed by atoms with E-state index in [2.05, 4.69) is 56.7 Å². The molecule has 1 unspecified atom stereocenters. The second-order valence-corrected chi connectivity index (χ2v) is 5.80. The minimum absolute atomic E-state index is 0.315. The molecular formula is C13H15BrN2S. The van der Waals surface area contributed by atoms with Gasteiger partial charge < -0.3 is 5.32 Å². The molecule has 0 aliphatic carbocycles. The molecule has 1 atom stereocenters. The lowest BCUT2D eigenvalue weighted by atomic mass is 10.1. The summed E-state index contributed by atoms with van der Waals surface area (Å²) in [5.74, 6) is 0. The molecule has 17 heavy (non-hydrogen) atoms. The molecule has 0 amide bonds. The van der Waals surface area contributed by atoms with Gasteiger partial charge in [-0.3, -0.25) is 0 Å². The fraction of sp³-hybridized carbons (Fsp3) is 0.308. The Morgan fingerprint density at radius 1 is 1.41 bits per heavy atom. The van der Waals surface area contributed by atoms with Crippen molar-refractivity contribution in [1.82, 2.24) is 10.3 Å². The van der Waals surface area contributed by atoms with Crippen LogP contribution in [0.1, 0.15) is 29.2 Å². The number of hydrogen-bond donors (Lipinski definition) is 1. The molecule has 0 saturated heterocycles. The van der Waals surface area contributed by atoms with E-state index in [-0.39, 0.29) is 0 Å². The van der Waals surface area contributed by atoms with Gasteiger partial charge in [0, 0.05) is 28.1 Å². The Kier molecular flexibility index (Phi) is 4.31. The molecular weight excluding hydrogens is 296 g/mol. The predicted octanol–water partition coefficient (Wildman–Crippen LogP) is 4.06. The summed E-state index contributed by atoms with van der Waals surface area (Å²) in [6.07, 6.45) is 0. The standard InChI is InChI=1S/C13H15BrN2S/c1-9-8-17-13(16-9)7-15-10(2)11-5-3-4-6-12(11)14/h3-6,8,10,15H,7H2,1-2H3. The lowest BCUT2D eigenvalue weighted by Crippen LogP contribution is -2.18. The molecule has 2 aromatic rings. The van der Waals surface area contributed by atoms with Crippen LogP contribution >= 0.6 is 27.3 Å². The number of hydrogen-bond acceptors (Lipinski definition) is 3. The van der Waals surface area contributed by atoms with Crippen LogP contribution in [-0.4, -0.2) is 4.98 Å². The van der Waals surface area contributed by atoms with Crippen LogP contribution in [0.5, 0.6) is 0 Å². The Morgan fingerprint density at radius 3 is 2.82 bits per heavy atom. The highest BCUT2D eigenvalue weighted by Crippen LogP contribution is 2.23. The summed E-state index contributed by atoms with van der Waals surface area (Å²) >= 11 is 5.28. The first-order valence-electron chi connectivity index (χ1n) is 5.55. The van der Waals surface area contributed by atoms with E-state index in [0.717, 1.165) is 21.7 Å². The molecule has 1 heterocycles. The normalized spacial score (nSPS) is 12.6. The molecule has 1 N–H and O–H groups in total. The van der Waals surface area contributed by atoms with Crippen LogP contribution in [0.3, 0.4) is 0 Å². The molecule has 0 aliphatic rings. The van der Waals surface area contributed by atoms with Gasteiger partial charge in [-0.05, 0) is 25.5 Å². The molecule has 0 aliphatic heterocycles. The quantitative estimate of drug-likeness (QED) is 0.921. The zero-order chi connectivity index (χ0) is 12.3. The highest BCUT2D eigenvalue weighted by atomic mass is 79.9. The number of rotatable bonds is 4. The van der Waals surface area contributed by atoms with E-state index in [1.165, 1.54) is 5.56 Å². The topological polar surface area (TPSA) is 24.9 Å². The molecule has 2 nitrogen and oxygen atoms in total. The van der Waals surface area contributed by atoms with E-state index in [9.17, 15) is 0 Å². The molecule has 0 spiro atoms. The number of nitrogens with one attached hydrogen (secondary N) is 1. The van der Waals surface area contributed by atoms with Crippen molar-refractivity contribution in [2.75, 3.05) is 0 Å². The summed E-state index contributed by atoms with van der Waals surface area (Å²) in [7, 11) is 0. The lowest BCUT2D eigenvalue weighted by molar-refractivity contribution is 0.571. The zero-order valence-electron chi connectivity index (χ0n) is 9.90. The largest absolute Gasteiger partial charge is 0.304 e. The summed E-state index contributed by atoms with van der Waals surface area (Å²) < 4.78 is 1.15. The van der Waals surface area contributed by atoms with Crippen molar-refractivity contribution in [3.05, 3.63) is 50.4 Å². The first-order chi connectivity index (χ1) is 8.16. The Labute approximate surface area is 114 Å². The fourth-order valence-corrected chi connectivity index (χ4v) is 3.01. The number of halogens is 1. The second-order valence-electron chi connectivity index (χ2n) is 4.01. The predicted molar refractivity (Wildman–Crippen MR) is 76.2 cm³/mol. The average molecular weight is 311 g/mol. The molecule has 0 saturated carbocycles. The minimum atomic E-state index is 0.315. The Bertz CT molecular complexity index is 496. The van der Waals surface area contributed by atoms with Gasteiger partial charge in [-0.25, -0.2) is 4.98 Å². The summed E-state index contributed by atoms with van der Waals surface area (Å²) in [5.41, 5.74) is 2.38. The number of aryl methyl sites for hydroxylation is 1. The van der Waals surface area contributed by atoms with Gasteiger partial charge in [0.25, 0.3) is 0 Å². The van der Waals surface area contributed by atoms with Gasteiger partial charge in [0.15, 0.2) is 0 Å². The van der Waals surface area contributed by atoms with Crippen LogP contribution in [0.4, 0.5) is 0 Å². The summed E-state index contributed by atoms with van der Waals surface area (Å²) in [4.78, 5) is 4.44. The van der Waals surface area contributed by atoms with Gasteiger partial charge in [-0.15, -0.1) is 11.3 Å². The van der Waals surface area contributed by atoms with Crippen molar-refractivity contribution in [2.24, 2.45) is 0 Å². The highest BCUT2D eigenvalue weighted by molar-refractivity contribution is 9.10. The van der Waals surface area contributed by atoms with Crippen LogP contribution < -0.4 is 5.32 Å². The number of nitrogens with zero attached hydrogens (tertiary/aromatic N) is 1. The van der Waals surface area contributed by atoms with Gasteiger partial charge in [-0.1, -0.05) is 34.1 Å². The van der Waals surface area contributed by atoms with Crippen molar-refractivity contribution in [3.8, 4) is 0 Å². The van der Waals surface area contributed by atoms with Crippen LogP contribution in [0.2, 0.25) is 0 Å². The maximum Gasteiger partial charge on any atom is 0.107 e. The van der Waals surface area contributed by atoms with Gasteiger partial charge >= 0.3 is 0 Å². The number of thiazole rings is 1. The average Bonchev–Trinajstić information content (AvgIpc) is 2.73. The van der Waals surface area contributed by atoms with Gasteiger partial charge in [0.05, 0.1) is 0 Å². The molecule has 2 rings (SSSR count). The first-order valence-corrected chi connectivity index (χ1v) is 7.23. The first kappa shape index (κ1) is 12.7. The van der Waals surface area contributed by atoms with Gasteiger partial charge in [-0.2, -0.15) is 0 Å². The third-order valence-electron chi connectivity index (χ3n) is 2.60. The molecule has 0 radical (unpaired) electrons. The summed E-state index contributed by atoms with van der Waals surface area (Å²) in [5, 5.41) is 6.71. The molecule has 0 fully saturated rings. The molecule has 1 aromatic carbocycles. The van der Waals surface area contributed by atoms with Crippen LogP contribution in [0.25, 0.3) is 0 Å². The minimum Gasteiger partial charge on any atom is -0.304 e.